The van der Waals surface area contributed by atoms with Crippen molar-refractivity contribution in [2.75, 3.05) is 18.1 Å². The first-order valence-corrected chi connectivity index (χ1v) is 9.54. The van der Waals surface area contributed by atoms with Gasteiger partial charge in [-0.3, -0.25) is 9.59 Å². The molecule has 120 valence electrons. The van der Waals surface area contributed by atoms with Gasteiger partial charge in [0.2, 0.25) is 10.0 Å². The standard InChI is InChI=1S/C12H19NO6S2/c1-2-19-10(14)5-6-21(17,18)13-9(12(15)16)7-20-11(13)8-3-4-8/h8-9,11H,2-7H2,1H3,(H,15,16). The Labute approximate surface area is 128 Å². The van der Waals surface area contributed by atoms with Gasteiger partial charge in [0.25, 0.3) is 0 Å². The van der Waals surface area contributed by atoms with Crippen molar-refractivity contribution in [3.05, 3.63) is 0 Å². The largest absolute Gasteiger partial charge is 0.480 e. The summed E-state index contributed by atoms with van der Waals surface area (Å²) in [6, 6.07) is -1.03. The molecule has 9 heteroatoms. The molecule has 1 N–H and O–H groups in total. The second-order valence-electron chi connectivity index (χ2n) is 5.12. The van der Waals surface area contributed by atoms with E-state index >= 15 is 0 Å². The Morgan fingerprint density at radius 1 is 1.38 bits per heavy atom. The number of aliphatic carboxylic acids is 1. The summed E-state index contributed by atoms with van der Waals surface area (Å²) >= 11 is 1.38. The fourth-order valence-electron chi connectivity index (χ4n) is 2.32. The van der Waals surface area contributed by atoms with Crippen molar-refractivity contribution in [1.29, 1.82) is 0 Å². The molecule has 1 heterocycles. The third-order valence-electron chi connectivity index (χ3n) is 3.48. The lowest BCUT2D eigenvalue weighted by atomic mass is 10.3. The average molecular weight is 337 g/mol. The van der Waals surface area contributed by atoms with Crippen LogP contribution in [0.15, 0.2) is 0 Å². The van der Waals surface area contributed by atoms with Gasteiger partial charge in [0.05, 0.1) is 24.2 Å². The Morgan fingerprint density at radius 2 is 2.05 bits per heavy atom. The number of carboxylic acids is 1. The van der Waals surface area contributed by atoms with E-state index in [9.17, 15) is 23.1 Å². The summed E-state index contributed by atoms with van der Waals surface area (Å²) in [7, 11) is -3.79. The normalized spacial score (nSPS) is 26.7. The third kappa shape index (κ3) is 3.89. The number of sulfonamides is 1. The molecule has 2 atom stereocenters. The summed E-state index contributed by atoms with van der Waals surface area (Å²) in [5.74, 6) is -1.63. The van der Waals surface area contributed by atoms with Crippen molar-refractivity contribution in [2.24, 2.45) is 5.92 Å². The van der Waals surface area contributed by atoms with Gasteiger partial charge in [0, 0.05) is 5.75 Å². The lowest BCUT2D eigenvalue weighted by Crippen LogP contribution is -2.47. The molecule has 2 unspecified atom stereocenters. The molecule has 1 saturated carbocycles. The second-order valence-corrected chi connectivity index (χ2v) is 8.26. The van der Waals surface area contributed by atoms with Crippen LogP contribution in [0.3, 0.4) is 0 Å². The maximum Gasteiger partial charge on any atom is 0.322 e. The van der Waals surface area contributed by atoms with Crippen LogP contribution in [0.4, 0.5) is 0 Å². The van der Waals surface area contributed by atoms with E-state index in [4.69, 9.17) is 4.74 Å². The van der Waals surface area contributed by atoms with Crippen molar-refractivity contribution >= 4 is 33.7 Å². The number of hydrogen-bond donors (Lipinski definition) is 1. The zero-order chi connectivity index (χ0) is 15.6. The van der Waals surface area contributed by atoms with Gasteiger partial charge in [-0.15, -0.1) is 11.8 Å². The van der Waals surface area contributed by atoms with Crippen molar-refractivity contribution in [1.82, 2.24) is 4.31 Å². The number of thioether (sulfide) groups is 1. The average Bonchev–Trinajstić information content (AvgIpc) is 3.14. The Morgan fingerprint density at radius 3 is 2.57 bits per heavy atom. The summed E-state index contributed by atoms with van der Waals surface area (Å²) in [6.07, 6.45) is 1.60. The van der Waals surface area contributed by atoms with Gasteiger partial charge in [-0.1, -0.05) is 0 Å². The molecule has 0 aromatic carbocycles. The molecule has 0 radical (unpaired) electrons. The van der Waals surface area contributed by atoms with E-state index in [0.29, 0.717) is 0 Å². The molecule has 2 aliphatic rings. The summed E-state index contributed by atoms with van der Waals surface area (Å²) in [5, 5.41) is 8.91. The quantitative estimate of drug-likeness (QED) is 0.675. The highest BCUT2D eigenvalue weighted by Gasteiger charge is 2.50. The molecule has 0 aromatic heterocycles. The molecule has 1 aliphatic carbocycles. The van der Waals surface area contributed by atoms with Crippen LogP contribution < -0.4 is 0 Å². The number of carboxylic acid groups (broad SMARTS) is 1. The number of rotatable bonds is 7. The maximum absolute atomic E-state index is 12.4. The predicted octanol–water partition coefficient (Wildman–Crippen LogP) is 0.508. The van der Waals surface area contributed by atoms with Gasteiger partial charge in [-0.2, -0.15) is 4.31 Å². The molecular weight excluding hydrogens is 318 g/mol. The van der Waals surface area contributed by atoms with Gasteiger partial charge in [-0.25, -0.2) is 8.42 Å². The van der Waals surface area contributed by atoms with E-state index in [1.54, 1.807) is 6.92 Å². The van der Waals surface area contributed by atoms with E-state index in [2.05, 4.69) is 0 Å². The first-order chi connectivity index (χ1) is 9.86. The molecule has 21 heavy (non-hydrogen) atoms. The summed E-state index contributed by atoms with van der Waals surface area (Å²) < 4.78 is 30.7. The van der Waals surface area contributed by atoms with Gasteiger partial charge < -0.3 is 9.84 Å². The second kappa shape index (κ2) is 6.53. The van der Waals surface area contributed by atoms with E-state index in [0.717, 1.165) is 17.1 Å². The molecular formula is C12H19NO6S2. The van der Waals surface area contributed by atoms with Crippen molar-refractivity contribution < 1.29 is 27.9 Å². The Bertz CT molecular complexity index is 516. The Kier molecular flexibility index (Phi) is 5.15. The molecule has 0 bridgehead atoms. The van der Waals surface area contributed by atoms with Crippen LogP contribution in [-0.2, 0) is 24.3 Å². The maximum atomic E-state index is 12.4. The molecule has 1 aliphatic heterocycles. The minimum atomic E-state index is -3.79. The molecule has 0 aromatic rings. The lowest BCUT2D eigenvalue weighted by Gasteiger charge is -2.26. The minimum absolute atomic E-state index is 0.195. The monoisotopic (exact) mass is 337 g/mol. The minimum Gasteiger partial charge on any atom is -0.480 e. The zero-order valence-electron chi connectivity index (χ0n) is 11.7. The highest BCUT2D eigenvalue weighted by molar-refractivity contribution is 8.01. The highest BCUT2D eigenvalue weighted by Crippen LogP contribution is 2.46. The van der Waals surface area contributed by atoms with Gasteiger partial charge >= 0.3 is 11.9 Å². The SMILES string of the molecule is CCOC(=O)CCS(=O)(=O)N1C(C(=O)O)CSC1C1CC1. The molecule has 7 nitrogen and oxygen atoms in total. The van der Waals surface area contributed by atoms with Crippen molar-refractivity contribution in [2.45, 2.75) is 37.6 Å². The van der Waals surface area contributed by atoms with Crippen LogP contribution in [0, 0.1) is 5.92 Å². The first kappa shape index (κ1) is 16.6. The van der Waals surface area contributed by atoms with Gasteiger partial charge in [0.15, 0.2) is 0 Å². The van der Waals surface area contributed by atoms with Gasteiger partial charge in [0.1, 0.15) is 6.04 Å². The number of carbonyl (C=O) groups excluding carboxylic acids is 1. The van der Waals surface area contributed by atoms with Crippen LogP contribution in [0.2, 0.25) is 0 Å². The van der Waals surface area contributed by atoms with Crippen LogP contribution in [0.5, 0.6) is 0 Å². The summed E-state index contributed by atoms with van der Waals surface area (Å²) in [4.78, 5) is 22.6. The highest BCUT2D eigenvalue weighted by atomic mass is 32.2. The zero-order valence-corrected chi connectivity index (χ0v) is 13.4. The van der Waals surface area contributed by atoms with Crippen LogP contribution in [0.1, 0.15) is 26.2 Å². The topological polar surface area (TPSA) is 101 Å². The Balaban J connectivity index is 2.09. The molecule has 0 spiro atoms. The van der Waals surface area contributed by atoms with E-state index in [-0.39, 0.29) is 30.1 Å². The fourth-order valence-corrected chi connectivity index (χ4v) is 6.19. The van der Waals surface area contributed by atoms with Crippen molar-refractivity contribution in [3.63, 3.8) is 0 Å². The van der Waals surface area contributed by atoms with Crippen molar-refractivity contribution in [3.8, 4) is 0 Å². The predicted molar refractivity (Wildman–Crippen MR) is 77.3 cm³/mol. The lowest BCUT2D eigenvalue weighted by molar-refractivity contribution is -0.142. The number of esters is 1. The van der Waals surface area contributed by atoms with Gasteiger partial charge in [-0.05, 0) is 25.7 Å². The van der Waals surface area contributed by atoms with E-state index in [1.807, 2.05) is 0 Å². The number of hydrogen-bond acceptors (Lipinski definition) is 6. The third-order valence-corrected chi connectivity index (χ3v) is 6.92. The van der Waals surface area contributed by atoms with Crippen LogP contribution in [-0.4, -0.2) is 59.3 Å². The fraction of sp³-hybridized carbons (Fsp3) is 0.833. The molecule has 0 amide bonds. The molecule has 2 rings (SSSR count). The van der Waals surface area contributed by atoms with Crippen LogP contribution in [0.25, 0.3) is 0 Å². The van der Waals surface area contributed by atoms with Crippen LogP contribution >= 0.6 is 11.8 Å². The summed E-state index contributed by atoms with van der Waals surface area (Å²) in [5.41, 5.74) is 0. The molecule has 2 fully saturated rings. The molecule has 1 saturated heterocycles. The van der Waals surface area contributed by atoms with E-state index in [1.165, 1.54) is 11.8 Å². The smallest absolute Gasteiger partial charge is 0.322 e. The number of nitrogens with zero attached hydrogens (tertiary/aromatic N) is 1. The van der Waals surface area contributed by atoms with E-state index < -0.39 is 33.8 Å². The number of carbonyl (C=O) groups is 2. The number of ether oxygens (including phenoxy) is 1. The summed E-state index contributed by atoms with van der Waals surface area (Å²) in [6.45, 7) is 1.84. The Hall–Kier alpha value is -0.800. The first-order valence-electron chi connectivity index (χ1n) is 6.88.